The van der Waals surface area contributed by atoms with E-state index in [0.717, 1.165) is 40.3 Å². The van der Waals surface area contributed by atoms with Crippen molar-refractivity contribution in [1.82, 2.24) is 10.3 Å². The zero-order chi connectivity index (χ0) is 23.4. The molecule has 0 saturated carbocycles. The number of halogens is 1. The van der Waals surface area contributed by atoms with Gasteiger partial charge < -0.3 is 15.7 Å². The maximum atomic E-state index is 13.0. The number of aromatic nitrogens is 1. The smallest absolute Gasteiger partial charge is 0.253 e. The van der Waals surface area contributed by atoms with E-state index in [2.05, 4.69) is 20.6 Å². The molecule has 7 heteroatoms. The Morgan fingerprint density at radius 2 is 1.97 bits per heavy atom. The Morgan fingerprint density at radius 3 is 2.70 bits per heavy atom. The lowest BCUT2D eigenvalue weighted by molar-refractivity contribution is 0.0858. The maximum absolute atomic E-state index is 13.0. The Kier molecular flexibility index (Phi) is 6.79. The number of anilines is 1. The molecular formula is C26H27FN4O2. The summed E-state index contributed by atoms with van der Waals surface area (Å²) in [7, 11) is 0. The molecule has 3 aromatic rings. The molecule has 0 radical (unpaired) electrons. The first-order valence-electron chi connectivity index (χ1n) is 11.0. The number of nitrogens with zero attached hydrogens (tertiary/aromatic N) is 2. The first-order valence-corrected chi connectivity index (χ1v) is 11.0. The SMILES string of the molecule is CC(=NCCc1ccc(F)cc1)Nc1ccc2c(c1)[C@@H](NC(=O)c1ccc(C)nc1)[C@H](O)C2. The topological polar surface area (TPSA) is 86.6 Å². The number of aliphatic imine (C=N–C) groups is 1. The van der Waals surface area contributed by atoms with E-state index < -0.39 is 12.1 Å². The summed E-state index contributed by atoms with van der Waals surface area (Å²) in [6.45, 7) is 4.33. The number of carbonyl (C=O) groups is 1. The molecule has 0 saturated heterocycles. The normalized spacial score (nSPS) is 17.5. The van der Waals surface area contributed by atoms with Crippen LogP contribution < -0.4 is 10.6 Å². The monoisotopic (exact) mass is 446 g/mol. The van der Waals surface area contributed by atoms with Gasteiger partial charge in [-0.2, -0.15) is 0 Å². The van der Waals surface area contributed by atoms with Crippen molar-refractivity contribution < 1.29 is 14.3 Å². The molecule has 2 aromatic carbocycles. The van der Waals surface area contributed by atoms with E-state index in [1.807, 2.05) is 32.0 Å². The minimum absolute atomic E-state index is 0.244. The Morgan fingerprint density at radius 1 is 1.18 bits per heavy atom. The Hall–Kier alpha value is -3.58. The molecular weight excluding hydrogens is 419 g/mol. The fourth-order valence-electron chi connectivity index (χ4n) is 3.95. The van der Waals surface area contributed by atoms with Crippen molar-refractivity contribution in [2.45, 2.75) is 38.8 Å². The van der Waals surface area contributed by atoms with Crippen LogP contribution in [0.3, 0.4) is 0 Å². The largest absolute Gasteiger partial charge is 0.390 e. The number of amidine groups is 1. The van der Waals surface area contributed by atoms with Crippen molar-refractivity contribution in [3.63, 3.8) is 0 Å². The second-order valence-electron chi connectivity index (χ2n) is 8.29. The fourth-order valence-corrected chi connectivity index (χ4v) is 3.95. The van der Waals surface area contributed by atoms with Crippen molar-refractivity contribution in [3.05, 3.63) is 94.6 Å². The van der Waals surface area contributed by atoms with E-state index in [1.54, 1.807) is 24.3 Å². The summed E-state index contributed by atoms with van der Waals surface area (Å²) in [5.74, 6) is 0.241. The zero-order valence-corrected chi connectivity index (χ0v) is 18.7. The predicted molar refractivity (Wildman–Crippen MR) is 127 cm³/mol. The number of rotatable bonds is 6. The summed E-state index contributed by atoms with van der Waals surface area (Å²) in [6, 6.07) is 15.3. The van der Waals surface area contributed by atoms with Gasteiger partial charge in [-0.1, -0.05) is 18.2 Å². The van der Waals surface area contributed by atoms with Gasteiger partial charge >= 0.3 is 0 Å². The van der Waals surface area contributed by atoms with E-state index in [9.17, 15) is 14.3 Å². The highest BCUT2D eigenvalue weighted by atomic mass is 19.1. The van der Waals surface area contributed by atoms with E-state index in [-0.39, 0.29) is 11.7 Å². The lowest BCUT2D eigenvalue weighted by atomic mass is 10.1. The molecule has 0 fully saturated rings. The molecule has 33 heavy (non-hydrogen) atoms. The summed E-state index contributed by atoms with van der Waals surface area (Å²) >= 11 is 0. The van der Waals surface area contributed by atoms with Crippen LogP contribution in [0.5, 0.6) is 0 Å². The number of hydrogen-bond acceptors (Lipinski definition) is 4. The molecule has 1 aliphatic carbocycles. The number of fused-ring (bicyclic) bond motifs is 1. The molecule has 0 unspecified atom stereocenters. The molecule has 0 aliphatic heterocycles. The van der Waals surface area contributed by atoms with Gasteiger partial charge in [-0.25, -0.2) is 4.39 Å². The van der Waals surface area contributed by atoms with Gasteiger partial charge in [-0.15, -0.1) is 0 Å². The molecule has 6 nitrogen and oxygen atoms in total. The number of carbonyl (C=O) groups excluding carboxylic acids is 1. The van der Waals surface area contributed by atoms with Crippen molar-refractivity contribution in [2.75, 3.05) is 11.9 Å². The van der Waals surface area contributed by atoms with Crippen molar-refractivity contribution in [3.8, 4) is 0 Å². The van der Waals surface area contributed by atoms with Crippen LogP contribution in [-0.2, 0) is 12.8 Å². The van der Waals surface area contributed by atoms with Crippen molar-refractivity contribution >= 4 is 17.4 Å². The zero-order valence-electron chi connectivity index (χ0n) is 18.7. The first-order chi connectivity index (χ1) is 15.9. The Balaban J connectivity index is 1.41. The molecule has 2 atom stereocenters. The summed E-state index contributed by atoms with van der Waals surface area (Å²) < 4.78 is 13.0. The first kappa shape index (κ1) is 22.6. The molecule has 1 amide bonds. The second-order valence-corrected chi connectivity index (χ2v) is 8.29. The van der Waals surface area contributed by atoms with Crippen LogP contribution in [-0.4, -0.2) is 34.5 Å². The highest BCUT2D eigenvalue weighted by Gasteiger charge is 2.32. The molecule has 1 aromatic heterocycles. The average Bonchev–Trinajstić information content (AvgIpc) is 3.10. The predicted octanol–water partition coefficient (Wildman–Crippen LogP) is 3.99. The van der Waals surface area contributed by atoms with Gasteiger partial charge in [0.15, 0.2) is 0 Å². The van der Waals surface area contributed by atoms with E-state index in [4.69, 9.17) is 0 Å². The third-order valence-corrected chi connectivity index (χ3v) is 5.74. The number of aryl methyl sites for hydroxylation is 1. The van der Waals surface area contributed by atoms with Crippen LogP contribution in [0.15, 0.2) is 65.8 Å². The third kappa shape index (κ3) is 5.62. The minimum Gasteiger partial charge on any atom is -0.390 e. The van der Waals surface area contributed by atoms with Crippen LogP contribution >= 0.6 is 0 Å². The summed E-state index contributed by atoms with van der Waals surface area (Å²) in [6.07, 6.45) is 2.05. The van der Waals surface area contributed by atoms with Gasteiger partial charge in [0, 0.05) is 30.5 Å². The number of amides is 1. The lowest BCUT2D eigenvalue weighted by Crippen LogP contribution is -2.34. The maximum Gasteiger partial charge on any atom is 0.253 e. The number of nitrogens with one attached hydrogen (secondary N) is 2. The van der Waals surface area contributed by atoms with Crippen LogP contribution in [0, 0.1) is 12.7 Å². The number of pyridine rings is 1. The molecule has 1 heterocycles. The fraction of sp³-hybridized carbons (Fsp3) is 0.269. The number of benzene rings is 2. The summed E-state index contributed by atoms with van der Waals surface area (Å²) in [4.78, 5) is 21.4. The van der Waals surface area contributed by atoms with Crippen molar-refractivity contribution in [1.29, 1.82) is 0 Å². The van der Waals surface area contributed by atoms with E-state index in [1.165, 1.54) is 18.3 Å². The standard InChI is InChI=1S/C26H27FN4O2/c1-16-3-6-20(15-29-16)26(33)31-25-23-14-22(10-7-19(23)13-24(25)32)30-17(2)28-12-11-18-4-8-21(27)9-5-18/h3-10,14-15,24-25,32H,11-13H2,1-2H3,(H,28,30)(H,31,33)/t24-,25-/m1/s1. The van der Waals surface area contributed by atoms with Gasteiger partial charge in [0.1, 0.15) is 5.82 Å². The Labute approximate surface area is 192 Å². The highest BCUT2D eigenvalue weighted by molar-refractivity contribution is 5.95. The van der Waals surface area contributed by atoms with E-state index >= 15 is 0 Å². The van der Waals surface area contributed by atoms with E-state index in [0.29, 0.717) is 18.5 Å². The molecule has 170 valence electrons. The Bertz CT molecular complexity index is 1160. The summed E-state index contributed by atoms with van der Waals surface area (Å²) in [5, 5.41) is 16.8. The molecule has 3 N–H and O–H groups in total. The molecule has 4 rings (SSSR count). The lowest BCUT2D eigenvalue weighted by Gasteiger charge is -2.18. The van der Waals surface area contributed by atoms with Crippen molar-refractivity contribution in [2.24, 2.45) is 4.99 Å². The number of hydrogen-bond donors (Lipinski definition) is 3. The van der Waals surface area contributed by atoms with Gasteiger partial charge in [0.2, 0.25) is 0 Å². The molecule has 0 bridgehead atoms. The molecule has 0 spiro atoms. The number of aliphatic hydroxyl groups excluding tert-OH is 1. The van der Waals surface area contributed by atoms with Gasteiger partial charge in [0.05, 0.1) is 23.5 Å². The van der Waals surface area contributed by atoms with Gasteiger partial charge in [-0.3, -0.25) is 14.8 Å². The van der Waals surface area contributed by atoms with Crippen LogP contribution in [0.1, 0.15) is 45.7 Å². The highest BCUT2D eigenvalue weighted by Crippen LogP contribution is 2.33. The van der Waals surface area contributed by atoms with Gasteiger partial charge in [0.25, 0.3) is 5.91 Å². The van der Waals surface area contributed by atoms with Gasteiger partial charge in [-0.05, 0) is 73.4 Å². The van der Waals surface area contributed by atoms with Crippen LogP contribution in [0.25, 0.3) is 0 Å². The third-order valence-electron chi connectivity index (χ3n) is 5.74. The minimum atomic E-state index is -0.692. The van der Waals surface area contributed by atoms with Crippen LogP contribution in [0.4, 0.5) is 10.1 Å². The quantitative estimate of drug-likeness (QED) is 0.395. The van der Waals surface area contributed by atoms with Crippen LogP contribution in [0.2, 0.25) is 0 Å². The second kappa shape index (κ2) is 9.92. The average molecular weight is 447 g/mol. The number of aliphatic hydroxyl groups is 1. The molecule has 1 aliphatic rings. The summed E-state index contributed by atoms with van der Waals surface area (Å²) in [5.41, 5.74) is 5.05.